The number of hydrogen-bond donors (Lipinski definition) is 3. The van der Waals surface area contributed by atoms with Crippen molar-refractivity contribution >= 4 is 11.9 Å². The van der Waals surface area contributed by atoms with Crippen LogP contribution in [-0.2, 0) is 14.3 Å². The van der Waals surface area contributed by atoms with Gasteiger partial charge in [-0.2, -0.15) is 0 Å². The second-order valence-electron chi connectivity index (χ2n) is 22.8. The van der Waals surface area contributed by atoms with Gasteiger partial charge in [-0.1, -0.05) is 320 Å². The Bertz CT molecular complexity index is 1200. The lowest BCUT2D eigenvalue weighted by molar-refractivity contribution is -0.143. The highest BCUT2D eigenvalue weighted by atomic mass is 16.5. The molecule has 0 aliphatic rings. The summed E-state index contributed by atoms with van der Waals surface area (Å²) in [6.07, 6.45) is 80.9. The number of aliphatic hydroxyl groups excluding tert-OH is 2. The van der Waals surface area contributed by atoms with Crippen molar-refractivity contribution in [1.82, 2.24) is 5.32 Å². The zero-order chi connectivity index (χ0) is 53.6. The Morgan fingerprint density at radius 1 is 0.378 bits per heavy atom. The first kappa shape index (κ1) is 72.1. The van der Waals surface area contributed by atoms with Crippen LogP contribution in [0, 0.1) is 0 Å². The fourth-order valence-corrected chi connectivity index (χ4v) is 10.3. The van der Waals surface area contributed by atoms with Gasteiger partial charge in [-0.25, -0.2) is 0 Å². The van der Waals surface area contributed by atoms with Gasteiger partial charge in [0.1, 0.15) is 0 Å². The third-order valence-corrected chi connectivity index (χ3v) is 15.4. The van der Waals surface area contributed by atoms with Crippen molar-refractivity contribution < 1.29 is 24.5 Å². The first-order valence-electron chi connectivity index (χ1n) is 33.3. The van der Waals surface area contributed by atoms with Gasteiger partial charge in [0, 0.05) is 12.8 Å². The molecule has 436 valence electrons. The third-order valence-electron chi connectivity index (χ3n) is 15.4. The van der Waals surface area contributed by atoms with Gasteiger partial charge in [-0.15, -0.1) is 0 Å². The molecule has 74 heavy (non-hydrogen) atoms. The van der Waals surface area contributed by atoms with Gasteiger partial charge in [0.15, 0.2) is 0 Å². The number of nitrogens with one attached hydrogen (secondary N) is 1. The lowest BCUT2D eigenvalue weighted by atomic mass is 10.0. The molecule has 0 spiro atoms. The summed E-state index contributed by atoms with van der Waals surface area (Å²) in [7, 11) is 0. The van der Waals surface area contributed by atoms with E-state index in [2.05, 4.69) is 43.5 Å². The molecule has 0 rings (SSSR count). The van der Waals surface area contributed by atoms with Crippen LogP contribution in [0.15, 0.2) is 36.5 Å². The number of carbonyl (C=O) groups is 2. The van der Waals surface area contributed by atoms with Crippen molar-refractivity contribution in [2.75, 3.05) is 13.2 Å². The molecular weight excluding hydrogens is 911 g/mol. The van der Waals surface area contributed by atoms with E-state index < -0.39 is 12.1 Å². The lowest BCUT2D eigenvalue weighted by Gasteiger charge is -2.20. The van der Waals surface area contributed by atoms with Crippen LogP contribution in [0.5, 0.6) is 0 Å². The van der Waals surface area contributed by atoms with Gasteiger partial charge in [0.05, 0.1) is 25.4 Å². The van der Waals surface area contributed by atoms with Gasteiger partial charge in [0.2, 0.25) is 5.91 Å². The van der Waals surface area contributed by atoms with E-state index in [0.717, 1.165) is 44.9 Å². The number of rotatable bonds is 62. The molecule has 0 heterocycles. The molecule has 2 atom stereocenters. The molecule has 1 amide bonds. The van der Waals surface area contributed by atoms with Gasteiger partial charge >= 0.3 is 5.97 Å². The third kappa shape index (κ3) is 59.3. The highest BCUT2D eigenvalue weighted by Crippen LogP contribution is 2.18. The van der Waals surface area contributed by atoms with Crippen LogP contribution < -0.4 is 5.32 Å². The van der Waals surface area contributed by atoms with Crippen molar-refractivity contribution in [3.8, 4) is 0 Å². The van der Waals surface area contributed by atoms with E-state index >= 15 is 0 Å². The molecule has 0 radical (unpaired) electrons. The summed E-state index contributed by atoms with van der Waals surface area (Å²) >= 11 is 0. The summed E-state index contributed by atoms with van der Waals surface area (Å²) in [6.45, 7) is 4.90. The fraction of sp³-hybridized carbons (Fsp3) is 0.882. The molecular formula is C68H129NO5. The Morgan fingerprint density at radius 3 is 1.03 bits per heavy atom. The number of amides is 1. The summed E-state index contributed by atoms with van der Waals surface area (Å²) in [4.78, 5) is 24.4. The molecule has 0 aromatic rings. The molecule has 2 unspecified atom stereocenters. The van der Waals surface area contributed by atoms with Crippen LogP contribution in [0.3, 0.4) is 0 Å². The maximum atomic E-state index is 12.4. The minimum absolute atomic E-state index is 0.0173. The second-order valence-corrected chi connectivity index (χ2v) is 22.8. The molecule has 0 fully saturated rings. The molecule has 0 aromatic heterocycles. The van der Waals surface area contributed by atoms with Crippen LogP contribution in [0.4, 0.5) is 0 Å². The Hall–Kier alpha value is -1.92. The van der Waals surface area contributed by atoms with Crippen LogP contribution in [0.1, 0.15) is 361 Å². The van der Waals surface area contributed by atoms with Gasteiger partial charge in [-0.05, 0) is 64.2 Å². The largest absolute Gasteiger partial charge is 0.466 e. The first-order chi connectivity index (χ1) is 36.5. The van der Waals surface area contributed by atoms with E-state index in [4.69, 9.17) is 4.74 Å². The number of aliphatic hydroxyl groups is 2. The molecule has 0 aliphatic heterocycles. The van der Waals surface area contributed by atoms with Crippen molar-refractivity contribution in [1.29, 1.82) is 0 Å². The van der Waals surface area contributed by atoms with Crippen LogP contribution in [-0.4, -0.2) is 47.4 Å². The van der Waals surface area contributed by atoms with Crippen LogP contribution in [0.25, 0.3) is 0 Å². The summed E-state index contributed by atoms with van der Waals surface area (Å²) in [5.41, 5.74) is 0. The molecule has 0 bridgehead atoms. The number of ether oxygens (including phenoxy) is 1. The number of unbranched alkanes of at least 4 members (excludes halogenated alkanes) is 47. The quantitative estimate of drug-likeness (QED) is 0.0320. The maximum Gasteiger partial charge on any atom is 0.305 e. The Labute approximate surface area is 462 Å². The van der Waals surface area contributed by atoms with Crippen LogP contribution in [0.2, 0.25) is 0 Å². The van der Waals surface area contributed by atoms with Crippen molar-refractivity contribution in [2.24, 2.45) is 0 Å². The SMILES string of the molecule is CCCCCCCCCC/C=C/C(O)C(CO)NC(=O)CCCCCCCCCCCCCCCCCCC/C=C\C/C=C\CCCCCCCCCCCCCOC(=O)CCCCCCCCCCCCCC. The highest BCUT2D eigenvalue weighted by molar-refractivity contribution is 5.76. The molecule has 0 saturated carbocycles. The van der Waals surface area contributed by atoms with Gasteiger partial charge in [0.25, 0.3) is 0 Å². The normalized spacial score (nSPS) is 12.8. The average Bonchev–Trinajstić information content (AvgIpc) is 3.40. The molecule has 6 nitrogen and oxygen atoms in total. The number of carbonyl (C=O) groups excluding carboxylic acids is 2. The molecule has 0 aromatic carbocycles. The zero-order valence-electron chi connectivity index (χ0n) is 49.8. The lowest BCUT2D eigenvalue weighted by Crippen LogP contribution is -2.45. The van der Waals surface area contributed by atoms with Crippen molar-refractivity contribution in [3.63, 3.8) is 0 Å². The number of allylic oxidation sites excluding steroid dienone is 5. The Balaban J connectivity index is 3.36. The van der Waals surface area contributed by atoms with E-state index in [0.29, 0.717) is 19.4 Å². The number of hydrogen-bond acceptors (Lipinski definition) is 5. The summed E-state index contributed by atoms with van der Waals surface area (Å²) in [5, 5.41) is 23.0. The minimum atomic E-state index is -0.841. The maximum absolute atomic E-state index is 12.4. The molecule has 0 aliphatic carbocycles. The molecule has 6 heteroatoms. The Kier molecular flexibility index (Phi) is 62.0. The Morgan fingerprint density at radius 2 is 0.676 bits per heavy atom. The van der Waals surface area contributed by atoms with Crippen molar-refractivity contribution in [2.45, 2.75) is 373 Å². The standard InChI is InChI=1S/C68H129NO5/c1-3-5-7-9-11-13-15-42-46-50-54-58-62-68(73)74-63-59-55-51-47-43-40-38-36-34-32-30-28-26-24-22-20-18-16-17-19-21-23-25-27-29-31-33-35-37-39-41-45-49-53-57-61-67(72)69-65(64-70)66(71)60-56-52-48-44-14-12-10-8-6-4-2/h18,20,24,26,56,60,65-66,70-71H,3-17,19,21-23,25,27-55,57-59,61-64H2,1-2H3,(H,69,72)/b20-18-,26-24-,60-56+. The average molecular weight is 1040 g/mol. The van der Waals surface area contributed by atoms with Gasteiger partial charge in [-0.3, -0.25) is 9.59 Å². The fourth-order valence-electron chi connectivity index (χ4n) is 10.3. The number of esters is 1. The summed E-state index contributed by atoms with van der Waals surface area (Å²) < 4.78 is 5.48. The predicted octanol–water partition coefficient (Wildman–Crippen LogP) is 21.1. The van der Waals surface area contributed by atoms with Crippen molar-refractivity contribution in [3.05, 3.63) is 36.5 Å². The second kappa shape index (κ2) is 63.6. The zero-order valence-corrected chi connectivity index (χ0v) is 49.8. The topological polar surface area (TPSA) is 95.9 Å². The molecule has 3 N–H and O–H groups in total. The predicted molar refractivity (Wildman–Crippen MR) is 324 cm³/mol. The van der Waals surface area contributed by atoms with E-state index in [1.807, 2.05) is 6.08 Å². The minimum Gasteiger partial charge on any atom is -0.466 e. The summed E-state index contributed by atoms with van der Waals surface area (Å²) in [6, 6.07) is -0.624. The first-order valence-corrected chi connectivity index (χ1v) is 33.3. The molecule has 0 saturated heterocycles. The van der Waals surface area contributed by atoms with E-state index in [1.54, 1.807) is 6.08 Å². The highest BCUT2D eigenvalue weighted by Gasteiger charge is 2.18. The van der Waals surface area contributed by atoms with Gasteiger partial charge < -0.3 is 20.3 Å². The smallest absolute Gasteiger partial charge is 0.305 e. The van der Waals surface area contributed by atoms with E-state index in [1.165, 1.54) is 289 Å². The monoisotopic (exact) mass is 1040 g/mol. The summed E-state index contributed by atoms with van der Waals surface area (Å²) in [5.74, 6) is -0.0493. The van der Waals surface area contributed by atoms with E-state index in [-0.39, 0.29) is 18.5 Å². The van der Waals surface area contributed by atoms with E-state index in [9.17, 15) is 19.8 Å². The van der Waals surface area contributed by atoms with Crippen LogP contribution >= 0.6 is 0 Å².